The van der Waals surface area contributed by atoms with Gasteiger partial charge in [0.25, 0.3) is 0 Å². The van der Waals surface area contributed by atoms with Gasteiger partial charge in [-0.3, -0.25) is 4.79 Å². The highest BCUT2D eigenvalue weighted by Crippen LogP contribution is 2.26. The number of para-hydroxylation sites is 1. The first-order chi connectivity index (χ1) is 8.56. The van der Waals surface area contributed by atoms with Gasteiger partial charge in [0, 0.05) is 23.1 Å². The third-order valence-corrected chi connectivity index (χ3v) is 3.21. The first kappa shape index (κ1) is 12.6. The van der Waals surface area contributed by atoms with Crippen LogP contribution in [0.25, 0.3) is 10.9 Å². The number of fused-ring (bicyclic) bond motifs is 1. The second-order valence-corrected chi connectivity index (χ2v) is 4.81. The summed E-state index contributed by atoms with van der Waals surface area (Å²) in [5.41, 5.74) is 4.07. The minimum atomic E-state index is 0.107. The molecular weight excluding hydrogens is 222 g/mol. The van der Waals surface area contributed by atoms with Gasteiger partial charge in [0.05, 0.1) is 5.56 Å². The van der Waals surface area contributed by atoms with E-state index >= 15 is 0 Å². The van der Waals surface area contributed by atoms with Gasteiger partial charge in [-0.15, -0.1) is 0 Å². The van der Waals surface area contributed by atoms with Crippen LogP contribution >= 0.6 is 0 Å². The first-order valence-corrected chi connectivity index (χ1v) is 6.33. The van der Waals surface area contributed by atoms with Crippen LogP contribution in [0.4, 0.5) is 0 Å². The summed E-state index contributed by atoms with van der Waals surface area (Å²) in [5, 5.41) is 1.05. The van der Waals surface area contributed by atoms with Crippen molar-refractivity contribution < 1.29 is 4.79 Å². The largest absolute Gasteiger partial charge is 0.344 e. The number of hydrogen-bond acceptors (Lipinski definition) is 1. The monoisotopic (exact) mass is 241 g/mol. The van der Waals surface area contributed by atoms with E-state index in [1.165, 1.54) is 0 Å². The van der Waals surface area contributed by atoms with Crippen LogP contribution in [0, 0.1) is 6.92 Å². The number of rotatable bonds is 3. The summed E-state index contributed by atoms with van der Waals surface area (Å²) in [4.78, 5) is 12.3. The van der Waals surface area contributed by atoms with Crippen molar-refractivity contribution in [2.75, 3.05) is 0 Å². The molecule has 0 N–H and O–H groups in total. The normalized spacial score (nSPS) is 10.7. The molecule has 1 heterocycles. The number of allylic oxidation sites excluding steroid dienone is 2. The molecule has 1 aromatic heterocycles. The number of aryl methyl sites for hydroxylation is 1. The van der Waals surface area contributed by atoms with Gasteiger partial charge in [0.2, 0.25) is 0 Å². The zero-order valence-electron chi connectivity index (χ0n) is 11.4. The van der Waals surface area contributed by atoms with Gasteiger partial charge in [-0.1, -0.05) is 23.8 Å². The van der Waals surface area contributed by atoms with Gasteiger partial charge >= 0.3 is 0 Å². The number of carbonyl (C=O) groups excluding carboxylic acids is 1. The fourth-order valence-corrected chi connectivity index (χ4v) is 2.48. The maximum Gasteiger partial charge on any atom is 0.188 e. The van der Waals surface area contributed by atoms with E-state index in [0.29, 0.717) is 0 Å². The molecule has 0 unspecified atom stereocenters. The van der Waals surface area contributed by atoms with Crippen molar-refractivity contribution in [2.45, 2.75) is 34.2 Å². The van der Waals surface area contributed by atoms with Gasteiger partial charge in [-0.2, -0.15) is 0 Å². The van der Waals surface area contributed by atoms with Gasteiger partial charge in [0.15, 0.2) is 5.78 Å². The molecule has 0 fully saturated rings. The predicted molar refractivity (Wildman–Crippen MR) is 76.1 cm³/mol. The Morgan fingerprint density at radius 3 is 2.56 bits per heavy atom. The summed E-state index contributed by atoms with van der Waals surface area (Å²) < 4.78 is 2.20. The lowest BCUT2D eigenvalue weighted by molar-refractivity contribution is 0.104. The molecule has 0 aliphatic heterocycles. The Morgan fingerprint density at radius 2 is 1.94 bits per heavy atom. The molecule has 0 saturated carbocycles. The first-order valence-electron chi connectivity index (χ1n) is 6.33. The second kappa shape index (κ2) is 4.81. The second-order valence-electron chi connectivity index (χ2n) is 4.81. The van der Waals surface area contributed by atoms with Crippen molar-refractivity contribution >= 4 is 16.7 Å². The van der Waals surface area contributed by atoms with Crippen LogP contribution in [0.2, 0.25) is 0 Å². The Balaban J connectivity index is 2.75. The summed E-state index contributed by atoms with van der Waals surface area (Å²) in [5.74, 6) is 0.107. The molecular formula is C16H19NO. The van der Waals surface area contributed by atoms with Crippen LogP contribution in [-0.4, -0.2) is 10.4 Å². The zero-order chi connectivity index (χ0) is 13.3. The maximum atomic E-state index is 12.3. The molecule has 2 heteroatoms. The summed E-state index contributed by atoms with van der Waals surface area (Å²) in [6.45, 7) is 8.91. The molecule has 0 saturated heterocycles. The van der Waals surface area contributed by atoms with Crippen molar-refractivity contribution in [1.29, 1.82) is 0 Å². The van der Waals surface area contributed by atoms with Crippen LogP contribution in [0.3, 0.4) is 0 Å². The number of aromatic nitrogens is 1. The molecule has 0 bridgehead atoms. The summed E-state index contributed by atoms with van der Waals surface area (Å²) in [6, 6.07) is 8.11. The lowest BCUT2D eigenvalue weighted by Crippen LogP contribution is -2.01. The van der Waals surface area contributed by atoms with E-state index in [2.05, 4.69) is 17.6 Å². The quantitative estimate of drug-likeness (QED) is 0.585. The number of carbonyl (C=O) groups is 1. The SMILES string of the molecule is CCn1c(C)c(C(=O)C=C(C)C)c2ccccc21. The van der Waals surface area contributed by atoms with Crippen LogP contribution < -0.4 is 0 Å². The Hall–Kier alpha value is -1.83. The Bertz CT molecular complexity index is 628. The average molecular weight is 241 g/mol. The van der Waals surface area contributed by atoms with Crippen molar-refractivity contribution in [3.05, 3.63) is 47.2 Å². The van der Waals surface area contributed by atoms with E-state index in [1.807, 2.05) is 39.0 Å². The Kier molecular flexibility index (Phi) is 3.37. The van der Waals surface area contributed by atoms with Gasteiger partial charge in [-0.25, -0.2) is 0 Å². The van der Waals surface area contributed by atoms with Crippen LogP contribution in [-0.2, 0) is 6.54 Å². The van der Waals surface area contributed by atoms with Crippen molar-refractivity contribution in [3.8, 4) is 0 Å². The van der Waals surface area contributed by atoms with E-state index in [4.69, 9.17) is 0 Å². The lowest BCUT2D eigenvalue weighted by atomic mass is 10.1. The number of hydrogen-bond donors (Lipinski definition) is 0. The molecule has 0 atom stereocenters. The highest BCUT2D eigenvalue weighted by Gasteiger charge is 2.17. The van der Waals surface area contributed by atoms with E-state index in [-0.39, 0.29) is 5.78 Å². The number of nitrogens with zero attached hydrogens (tertiary/aromatic N) is 1. The Morgan fingerprint density at radius 1 is 1.28 bits per heavy atom. The number of ketones is 1. The molecule has 0 radical (unpaired) electrons. The van der Waals surface area contributed by atoms with E-state index < -0.39 is 0 Å². The van der Waals surface area contributed by atoms with Crippen molar-refractivity contribution in [2.24, 2.45) is 0 Å². The third-order valence-electron chi connectivity index (χ3n) is 3.21. The highest BCUT2D eigenvalue weighted by atomic mass is 16.1. The summed E-state index contributed by atoms with van der Waals surface area (Å²) >= 11 is 0. The molecule has 2 aromatic rings. The van der Waals surface area contributed by atoms with E-state index in [0.717, 1.165) is 34.3 Å². The summed E-state index contributed by atoms with van der Waals surface area (Å²) in [6.07, 6.45) is 1.72. The van der Waals surface area contributed by atoms with Crippen LogP contribution in [0.5, 0.6) is 0 Å². The minimum absolute atomic E-state index is 0.107. The highest BCUT2D eigenvalue weighted by molar-refractivity contribution is 6.14. The molecule has 0 aliphatic carbocycles. The molecule has 2 nitrogen and oxygen atoms in total. The lowest BCUT2D eigenvalue weighted by Gasteiger charge is -2.03. The van der Waals surface area contributed by atoms with Gasteiger partial charge < -0.3 is 4.57 Å². The van der Waals surface area contributed by atoms with E-state index in [9.17, 15) is 4.79 Å². The Labute approximate surface area is 108 Å². The molecule has 0 spiro atoms. The van der Waals surface area contributed by atoms with Gasteiger partial charge in [-0.05, 0) is 39.8 Å². The fourth-order valence-electron chi connectivity index (χ4n) is 2.48. The summed E-state index contributed by atoms with van der Waals surface area (Å²) in [7, 11) is 0. The molecule has 94 valence electrons. The minimum Gasteiger partial charge on any atom is -0.344 e. The standard InChI is InChI=1S/C16H19NO/c1-5-17-12(4)16(15(18)10-11(2)3)13-8-6-7-9-14(13)17/h6-10H,5H2,1-4H3. The number of benzene rings is 1. The van der Waals surface area contributed by atoms with E-state index in [1.54, 1.807) is 6.08 Å². The molecule has 0 amide bonds. The molecule has 0 aliphatic rings. The van der Waals surface area contributed by atoms with Crippen molar-refractivity contribution in [3.63, 3.8) is 0 Å². The van der Waals surface area contributed by atoms with Crippen LogP contribution in [0.15, 0.2) is 35.9 Å². The molecule has 1 aromatic carbocycles. The molecule has 18 heavy (non-hydrogen) atoms. The average Bonchev–Trinajstić information content (AvgIpc) is 2.59. The third kappa shape index (κ3) is 1.99. The predicted octanol–water partition coefficient (Wildman–Crippen LogP) is 4.12. The van der Waals surface area contributed by atoms with Gasteiger partial charge in [0.1, 0.15) is 0 Å². The van der Waals surface area contributed by atoms with Crippen LogP contribution in [0.1, 0.15) is 36.8 Å². The molecule has 2 rings (SSSR count). The topological polar surface area (TPSA) is 22.0 Å². The maximum absolute atomic E-state index is 12.3. The van der Waals surface area contributed by atoms with Crippen molar-refractivity contribution in [1.82, 2.24) is 4.57 Å². The smallest absolute Gasteiger partial charge is 0.188 e. The zero-order valence-corrected chi connectivity index (χ0v) is 11.4. The fraction of sp³-hybridized carbons (Fsp3) is 0.312.